The first-order valence-electron chi connectivity index (χ1n) is 9.15. The van der Waals surface area contributed by atoms with Crippen LogP contribution in [-0.4, -0.2) is 52.4 Å². The lowest BCUT2D eigenvalue weighted by molar-refractivity contribution is -0.131. The Kier molecular flexibility index (Phi) is 6.49. The van der Waals surface area contributed by atoms with E-state index in [1.54, 1.807) is 18.6 Å². The summed E-state index contributed by atoms with van der Waals surface area (Å²) in [4.78, 5) is 26.7. The highest BCUT2D eigenvalue weighted by atomic mass is 16.2. The lowest BCUT2D eigenvalue weighted by Crippen LogP contribution is -2.43. The summed E-state index contributed by atoms with van der Waals surface area (Å²) >= 11 is 0. The minimum absolute atomic E-state index is 0.205. The summed E-state index contributed by atoms with van der Waals surface area (Å²) in [5, 5.41) is 6.12. The predicted molar refractivity (Wildman–Crippen MR) is 101 cm³/mol. The number of hydrogen-bond donors (Lipinski definition) is 2. The van der Waals surface area contributed by atoms with Gasteiger partial charge in [-0.3, -0.25) is 9.78 Å². The van der Waals surface area contributed by atoms with Gasteiger partial charge in [0.15, 0.2) is 0 Å². The molecule has 0 saturated carbocycles. The third-order valence-electron chi connectivity index (χ3n) is 4.68. The summed E-state index contributed by atoms with van der Waals surface area (Å²) in [7, 11) is 1.81. The van der Waals surface area contributed by atoms with Gasteiger partial charge in [0, 0.05) is 31.7 Å². The monoisotopic (exact) mass is 354 g/mol. The van der Waals surface area contributed by atoms with Gasteiger partial charge in [-0.25, -0.2) is 9.97 Å². The molecule has 1 amide bonds. The fourth-order valence-corrected chi connectivity index (χ4v) is 3.35. The molecule has 1 fully saturated rings. The molecule has 1 aliphatic rings. The number of anilines is 2. The number of nitrogens with one attached hydrogen (secondary N) is 2. The molecule has 0 radical (unpaired) electrons. The molecule has 0 unspecified atom stereocenters. The van der Waals surface area contributed by atoms with Crippen molar-refractivity contribution in [3.63, 3.8) is 0 Å². The molecular weight excluding hydrogens is 328 g/mol. The average molecular weight is 354 g/mol. The molecule has 1 aliphatic heterocycles. The molecule has 138 valence electrons. The Balaban J connectivity index is 1.53. The quantitative estimate of drug-likeness (QED) is 0.791. The molecule has 3 rings (SSSR count). The normalized spacial score (nSPS) is 17.1. The number of aryl methyl sites for hydroxylation is 1. The van der Waals surface area contributed by atoms with Crippen molar-refractivity contribution >= 4 is 17.5 Å². The van der Waals surface area contributed by atoms with Crippen molar-refractivity contribution in [3.8, 4) is 0 Å². The Morgan fingerprint density at radius 2 is 2.15 bits per heavy atom. The van der Waals surface area contributed by atoms with E-state index in [1.165, 1.54) is 12.0 Å². The lowest BCUT2D eigenvalue weighted by atomic mass is 9.91. The number of pyridine rings is 1. The van der Waals surface area contributed by atoms with E-state index in [1.807, 2.05) is 18.1 Å². The van der Waals surface area contributed by atoms with Gasteiger partial charge in [-0.05, 0) is 56.3 Å². The molecule has 3 heterocycles. The lowest BCUT2D eigenvalue weighted by Gasteiger charge is -2.33. The second-order valence-electron chi connectivity index (χ2n) is 6.68. The highest BCUT2D eigenvalue weighted by Gasteiger charge is 2.22. The number of aromatic nitrogens is 3. The number of likely N-dealkylation sites (N-methyl/N-ethyl adjacent to an activating group) is 1. The standard InChI is InChI=1S/C19H26N6O/c1-20-13-19(26)25-10-2-3-16(14-25)5-4-15-6-7-22-17(11-15)24-18-12-21-8-9-23-18/h6-9,11-12,16,20H,2-5,10,13-14H2,1H3,(H,22,23,24)/t16-/m1/s1. The van der Waals surface area contributed by atoms with Gasteiger partial charge >= 0.3 is 0 Å². The molecule has 1 saturated heterocycles. The van der Waals surface area contributed by atoms with Gasteiger partial charge in [0.05, 0.1) is 12.7 Å². The molecule has 0 bridgehead atoms. The maximum absolute atomic E-state index is 12.1. The molecule has 2 aromatic heterocycles. The number of likely N-dealkylation sites (tertiary alicyclic amines) is 1. The smallest absolute Gasteiger partial charge is 0.236 e. The molecule has 26 heavy (non-hydrogen) atoms. The van der Waals surface area contributed by atoms with Gasteiger partial charge in [-0.1, -0.05) is 0 Å². The molecule has 7 heteroatoms. The maximum Gasteiger partial charge on any atom is 0.236 e. The Morgan fingerprint density at radius 3 is 2.96 bits per heavy atom. The third kappa shape index (κ3) is 5.23. The number of carbonyl (C=O) groups is 1. The van der Waals surface area contributed by atoms with E-state index < -0.39 is 0 Å². The van der Waals surface area contributed by atoms with Crippen LogP contribution in [0.4, 0.5) is 11.6 Å². The summed E-state index contributed by atoms with van der Waals surface area (Å²) in [5.41, 5.74) is 1.24. The topological polar surface area (TPSA) is 83.0 Å². The molecule has 0 spiro atoms. The van der Waals surface area contributed by atoms with Crippen molar-refractivity contribution in [2.24, 2.45) is 5.92 Å². The van der Waals surface area contributed by atoms with Crippen molar-refractivity contribution in [3.05, 3.63) is 42.5 Å². The Hall–Kier alpha value is -2.54. The van der Waals surface area contributed by atoms with Crippen LogP contribution in [-0.2, 0) is 11.2 Å². The number of amides is 1. The Morgan fingerprint density at radius 1 is 1.27 bits per heavy atom. The van der Waals surface area contributed by atoms with E-state index in [9.17, 15) is 4.79 Å². The van der Waals surface area contributed by atoms with Crippen molar-refractivity contribution in [1.82, 2.24) is 25.2 Å². The van der Waals surface area contributed by atoms with Crippen LogP contribution in [0.1, 0.15) is 24.8 Å². The second-order valence-corrected chi connectivity index (χ2v) is 6.68. The molecule has 1 atom stereocenters. The van der Waals surface area contributed by atoms with Gasteiger partial charge in [0.25, 0.3) is 0 Å². The van der Waals surface area contributed by atoms with Crippen LogP contribution >= 0.6 is 0 Å². The van der Waals surface area contributed by atoms with Gasteiger partial charge in [0.2, 0.25) is 5.91 Å². The average Bonchev–Trinajstić information content (AvgIpc) is 2.68. The van der Waals surface area contributed by atoms with Gasteiger partial charge in [-0.15, -0.1) is 0 Å². The van der Waals surface area contributed by atoms with Crippen LogP contribution in [0, 0.1) is 5.92 Å². The first-order valence-corrected chi connectivity index (χ1v) is 9.15. The van der Waals surface area contributed by atoms with E-state index in [4.69, 9.17) is 0 Å². The van der Waals surface area contributed by atoms with E-state index in [2.05, 4.69) is 37.7 Å². The number of nitrogens with zero attached hydrogens (tertiary/aromatic N) is 4. The van der Waals surface area contributed by atoms with Crippen molar-refractivity contribution in [2.45, 2.75) is 25.7 Å². The van der Waals surface area contributed by atoms with Crippen LogP contribution in [0.25, 0.3) is 0 Å². The van der Waals surface area contributed by atoms with Crippen LogP contribution < -0.4 is 10.6 Å². The first kappa shape index (κ1) is 18.3. The van der Waals surface area contributed by atoms with Gasteiger partial charge < -0.3 is 15.5 Å². The largest absolute Gasteiger partial charge is 0.341 e. The van der Waals surface area contributed by atoms with E-state index in [-0.39, 0.29) is 5.91 Å². The minimum Gasteiger partial charge on any atom is -0.341 e. The molecule has 0 aromatic carbocycles. The summed E-state index contributed by atoms with van der Waals surface area (Å²) < 4.78 is 0. The van der Waals surface area contributed by atoms with Gasteiger partial charge in [-0.2, -0.15) is 0 Å². The van der Waals surface area contributed by atoms with E-state index in [0.717, 1.165) is 38.2 Å². The third-order valence-corrected chi connectivity index (χ3v) is 4.68. The van der Waals surface area contributed by atoms with Crippen LogP contribution in [0.2, 0.25) is 0 Å². The molecular formula is C19H26N6O. The summed E-state index contributed by atoms with van der Waals surface area (Å²) in [6, 6.07) is 4.11. The van der Waals surface area contributed by atoms with Crippen molar-refractivity contribution in [2.75, 3.05) is 32.0 Å². The van der Waals surface area contributed by atoms with Crippen LogP contribution in [0.15, 0.2) is 36.9 Å². The van der Waals surface area contributed by atoms with Crippen LogP contribution in [0.5, 0.6) is 0 Å². The van der Waals surface area contributed by atoms with Gasteiger partial charge in [0.1, 0.15) is 11.6 Å². The zero-order chi connectivity index (χ0) is 18.2. The van der Waals surface area contributed by atoms with Crippen molar-refractivity contribution < 1.29 is 4.79 Å². The summed E-state index contributed by atoms with van der Waals surface area (Å²) in [5.74, 6) is 2.23. The summed E-state index contributed by atoms with van der Waals surface area (Å²) in [6.45, 7) is 2.18. The van der Waals surface area contributed by atoms with Crippen LogP contribution in [0.3, 0.4) is 0 Å². The molecule has 0 aliphatic carbocycles. The number of carbonyl (C=O) groups excluding carboxylic acids is 1. The Bertz CT molecular complexity index is 708. The fraction of sp³-hybridized carbons (Fsp3) is 0.474. The molecule has 2 N–H and O–H groups in total. The summed E-state index contributed by atoms with van der Waals surface area (Å²) in [6.07, 6.45) is 11.1. The highest BCUT2D eigenvalue weighted by molar-refractivity contribution is 5.78. The molecule has 7 nitrogen and oxygen atoms in total. The van der Waals surface area contributed by atoms with E-state index >= 15 is 0 Å². The highest BCUT2D eigenvalue weighted by Crippen LogP contribution is 2.22. The Labute approximate surface area is 154 Å². The van der Waals surface area contributed by atoms with Crippen molar-refractivity contribution in [1.29, 1.82) is 0 Å². The second kappa shape index (κ2) is 9.24. The zero-order valence-corrected chi connectivity index (χ0v) is 15.2. The minimum atomic E-state index is 0.205. The fourth-order valence-electron chi connectivity index (χ4n) is 3.35. The predicted octanol–water partition coefficient (Wildman–Crippen LogP) is 2.01. The molecule has 2 aromatic rings. The maximum atomic E-state index is 12.1. The number of piperidine rings is 1. The number of hydrogen-bond acceptors (Lipinski definition) is 6. The SMILES string of the molecule is CNCC(=O)N1CCC[C@H](CCc2ccnc(Nc3cnccn3)c2)C1. The first-order chi connectivity index (χ1) is 12.7. The zero-order valence-electron chi connectivity index (χ0n) is 15.2. The van der Waals surface area contributed by atoms with E-state index in [0.29, 0.717) is 18.3 Å². The number of rotatable bonds is 7.